The maximum atomic E-state index is 14.2. The van der Waals surface area contributed by atoms with Gasteiger partial charge in [-0.15, -0.1) is 0 Å². The number of aryl methyl sites for hydroxylation is 1. The summed E-state index contributed by atoms with van der Waals surface area (Å²) in [6, 6.07) is 12.3. The Kier molecular flexibility index (Phi) is 5.22. The minimum Gasteiger partial charge on any atom is -0.496 e. The van der Waals surface area contributed by atoms with E-state index in [1.165, 1.54) is 6.07 Å². The highest BCUT2D eigenvalue weighted by Crippen LogP contribution is 2.25. The fourth-order valence-electron chi connectivity index (χ4n) is 3.27. The summed E-state index contributed by atoms with van der Waals surface area (Å²) >= 11 is 0. The van der Waals surface area contributed by atoms with E-state index in [1.54, 1.807) is 25.3 Å². The molecule has 5 heteroatoms. The van der Waals surface area contributed by atoms with Gasteiger partial charge in [-0.3, -0.25) is 4.79 Å². The number of hydrogen-bond donors (Lipinski definition) is 1. The summed E-state index contributed by atoms with van der Waals surface area (Å²) < 4.78 is 19.4. The standard InChI is InChI=1S/C20H23FN2O2/c1-14-9-10-17(21)18(12-14)23-11-5-6-15(13-23)22-20(24)16-7-3-4-8-19(16)25-2/h3-4,7-10,12,15H,5-6,11,13H2,1-2H3,(H,22,24). The summed E-state index contributed by atoms with van der Waals surface area (Å²) in [4.78, 5) is 14.6. The maximum absolute atomic E-state index is 14.2. The molecule has 1 unspecified atom stereocenters. The Morgan fingerprint density at radius 3 is 2.88 bits per heavy atom. The number of carbonyl (C=O) groups is 1. The maximum Gasteiger partial charge on any atom is 0.255 e. The third-order valence-electron chi connectivity index (χ3n) is 4.55. The number of para-hydroxylation sites is 1. The zero-order chi connectivity index (χ0) is 17.8. The molecule has 3 rings (SSSR count). The molecule has 1 saturated heterocycles. The molecule has 1 aliphatic rings. The SMILES string of the molecule is COc1ccccc1C(=O)NC1CCCN(c2cc(C)ccc2F)C1. The van der Waals surface area contributed by atoms with Crippen LogP contribution in [-0.2, 0) is 0 Å². The number of anilines is 1. The van der Waals surface area contributed by atoms with Gasteiger partial charge < -0.3 is 15.0 Å². The van der Waals surface area contributed by atoms with Gasteiger partial charge in [-0.25, -0.2) is 4.39 Å². The largest absolute Gasteiger partial charge is 0.496 e. The highest BCUT2D eigenvalue weighted by molar-refractivity contribution is 5.97. The lowest BCUT2D eigenvalue weighted by Crippen LogP contribution is -2.48. The van der Waals surface area contributed by atoms with Crippen molar-refractivity contribution in [2.75, 3.05) is 25.1 Å². The van der Waals surface area contributed by atoms with Gasteiger partial charge in [0.2, 0.25) is 0 Å². The van der Waals surface area contributed by atoms with Gasteiger partial charge in [-0.1, -0.05) is 18.2 Å². The van der Waals surface area contributed by atoms with E-state index in [9.17, 15) is 9.18 Å². The van der Waals surface area contributed by atoms with Gasteiger partial charge in [0.1, 0.15) is 11.6 Å². The Morgan fingerprint density at radius 2 is 2.08 bits per heavy atom. The van der Waals surface area contributed by atoms with Gasteiger partial charge in [0.05, 0.1) is 18.4 Å². The van der Waals surface area contributed by atoms with Gasteiger partial charge in [0.15, 0.2) is 0 Å². The third-order valence-corrected chi connectivity index (χ3v) is 4.55. The first kappa shape index (κ1) is 17.3. The molecule has 1 amide bonds. The summed E-state index contributed by atoms with van der Waals surface area (Å²) in [6.45, 7) is 3.34. The first-order valence-corrected chi connectivity index (χ1v) is 8.53. The van der Waals surface area contributed by atoms with Crippen molar-refractivity contribution in [3.8, 4) is 5.75 Å². The second kappa shape index (κ2) is 7.55. The fraction of sp³-hybridized carbons (Fsp3) is 0.350. The Hall–Kier alpha value is -2.56. The van der Waals surface area contributed by atoms with Crippen LogP contribution in [0, 0.1) is 12.7 Å². The number of rotatable bonds is 4. The number of nitrogens with one attached hydrogen (secondary N) is 1. The van der Waals surface area contributed by atoms with Crippen molar-refractivity contribution in [2.24, 2.45) is 0 Å². The molecule has 1 fully saturated rings. The van der Waals surface area contributed by atoms with Gasteiger partial charge in [0.25, 0.3) is 5.91 Å². The van der Waals surface area contributed by atoms with Crippen molar-refractivity contribution in [3.63, 3.8) is 0 Å². The molecule has 25 heavy (non-hydrogen) atoms. The molecule has 2 aromatic rings. The van der Waals surface area contributed by atoms with Crippen molar-refractivity contribution >= 4 is 11.6 Å². The molecule has 2 aromatic carbocycles. The predicted octanol–water partition coefficient (Wildman–Crippen LogP) is 3.54. The average molecular weight is 342 g/mol. The molecule has 0 radical (unpaired) electrons. The van der Waals surface area contributed by atoms with E-state index in [4.69, 9.17) is 4.74 Å². The van der Waals surface area contributed by atoms with Crippen LogP contribution in [0.4, 0.5) is 10.1 Å². The van der Waals surface area contributed by atoms with Crippen molar-refractivity contribution in [3.05, 3.63) is 59.4 Å². The summed E-state index contributed by atoms with van der Waals surface area (Å²) in [5, 5.41) is 3.06. The van der Waals surface area contributed by atoms with Crippen molar-refractivity contribution in [1.29, 1.82) is 0 Å². The molecule has 1 aliphatic heterocycles. The molecule has 0 aliphatic carbocycles. The second-order valence-electron chi connectivity index (χ2n) is 6.41. The molecular formula is C20H23FN2O2. The Bertz CT molecular complexity index is 763. The van der Waals surface area contributed by atoms with Crippen LogP contribution in [0.15, 0.2) is 42.5 Å². The van der Waals surface area contributed by atoms with E-state index in [2.05, 4.69) is 5.32 Å². The number of piperidine rings is 1. The van der Waals surface area contributed by atoms with E-state index in [-0.39, 0.29) is 17.8 Å². The third kappa shape index (κ3) is 3.92. The normalized spacial score (nSPS) is 17.2. The molecule has 132 valence electrons. The van der Waals surface area contributed by atoms with E-state index in [0.29, 0.717) is 23.5 Å². The highest BCUT2D eigenvalue weighted by Gasteiger charge is 2.24. The number of nitrogens with zero attached hydrogens (tertiary/aromatic N) is 1. The van der Waals surface area contributed by atoms with Crippen molar-refractivity contribution in [1.82, 2.24) is 5.32 Å². The lowest BCUT2D eigenvalue weighted by Gasteiger charge is -2.35. The lowest BCUT2D eigenvalue weighted by molar-refractivity contribution is 0.0930. The summed E-state index contributed by atoms with van der Waals surface area (Å²) in [7, 11) is 1.55. The van der Waals surface area contributed by atoms with Gasteiger partial charge >= 0.3 is 0 Å². The van der Waals surface area contributed by atoms with Crippen molar-refractivity contribution < 1.29 is 13.9 Å². The predicted molar refractivity (Wildman–Crippen MR) is 96.8 cm³/mol. The number of halogens is 1. The summed E-state index contributed by atoms with van der Waals surface area (Å²) in [5.41, 5.74) is 2.15. The van der Waals surface area contributed by atoms with E-state index >= 15 is 0 Å². The van der Waals surface area contributed by atoms with Crippen LogP contribution in [-0.4, -0.2) is 32.1 Å². The van der Waals surface area contributed by atoms with Crippen LogP contribution in [0.25, 0.3) is 0 Å². The zero-order valence-electron chi connectivity index (χ0n) is 14.6. The monoisotopic (exact) mass is 342 g/mol. The topological polar surface area (TPSA) is 41.6 Å². The van der Waals surface area contributed by atoms with Crippen LogP contribution in [0.2, 0.25) is 0 Å². The van der Waals surface area contributed by atoms with E-state index < -0.39 is 0 Å². The van der Waals surface area contributed by atoms with Crippen LogP contribution in [0.3, 0.4) is 0 Å². The molecule has 0 saturated carbocycles. The molecular weight excluding hydrogens is 319 g/mol. The fourth-order valence-corrected chi connectivity index (χ4v) is 3.27. The van der Waals surface area contributed by atoms with Crippen LogP contribution in [0.1, 0.15) is 28.8 Å². The molecule has 1 N–H and O–H groups in total. The second-order valence-corrected chi connectivity index (χ2v) is 6.41. The van der Waals surface area contributed by atoms with Gasteiger partial charge in [-0.05, 0) is 49.6 Å². The highest BCUT2D eigenvalue weighted by atomic mass is 19.1. The lowest BCUT2D eigenvalue weighted by atomic mass is 10.0. The first-order valence-electron chi connectivity index (χ1n) is 8.53. The Balaban J connectivity index is 1.71. The number of amides is 1. The molecule has 4 nitrogen and oxygen atoms in total. The van der Waals surface area contributed by atoms with E-state index in [0.717, 1.165) is 24.9 Å². The minimum absolute atomic E-state index is 0.0222. The first-order chi connectivity index (χ1) is 12.1. The molecule has 1 atom stereocenters. The number of benzene rings is 2. The van der Waals surface area contributed by atoms with Crippen LogP contribution in [0.5, 0.6) is 5.75 Å². The smallest absolute Gasteiger partial charge is 0.255 e. The molecule has 1 heterocycles. The molecule has 0 spiro atoms. The average Bonchev–Trinajstić information content (AvgIpc) is 2.64. The summed E-state index contributed by atoms with van der Waals surface area (Å²) in [5.74, 6) is 0.175. The number of methoxy groups -OCH3 is 1. The number of carbonyl (C=O) groups excluding carboxylic acids is 1. The molecule has 0 bridgehead atoms. The Labute approximate surface area is 147 Å². The molecule has 0 aromatic heterocycles. The van der Waals surface area contributed by atoms with Gasteiger partial charge in [-0.2, -0.15) is 0 Å². The zero-order valence-corrected chi connectivity index (χ0v) is 14.6. The summed E-state index contributed by atoms with van der Waals surface area (Å²) in [6.07, 6.45) is 1.79. The quantitative estimate of drug-likeness (QED) is 0.924. The van der Waals surface area contributed by atoms with Crippen molar-refractivity contribution in [2.45, 2.75) is 25.8 Å². The Morgan fingerprint density at radius 1 is 1.28 bits per heavy atom. The van der Waals surface area contributed by atoms with E-state index in [1.807, 2.05) is 30.0 Å². The van der Waals surface area contributed by atoms with Crippen LogP contribution < -0.4 is 15.0 Å². The number of hydrogen-bond acceptors (Lipinski definition) is 3. The van der Waals surface area contributed by atoms with Crippen LogP contribution >= 0.6 is 0 Å². The minimum atomic E-state index is -0.220. The van der Waals surface area contributed by atoms with Gasteiger partial charge in [0, 0.05) is 19.1 Å². The number of ether oxygens (including phenoxy) is 1.